The molecule has 0 amide bonds. The molecule has 1 aliphatic rings. The van der Waals surface area contributed by atoms with Crippen LogP contribution < -0.4 is 5.32 Å². The van der Waals surface area contributed by atoms with Gasteiger partial charge in [0, 0.05) is 12.1 Å². The summed E-state index contributed by atoms with van der Waals surface area (Å²) in [7, 11) is 0. The van der Waals surface area contributed by atoms with E-state index in [2.05, 4.69) is 25.7 Å². The standard InChI is InChI=1S/C9H17N/c1-4-8(2)7-10-9(3)5-6-9/h10H,2,4-7H2,1,3H3. The molecule has 10 heavy (non-hydrogen) atoms. The van der Waals surface area contributed by atoms with Gasteiger partial charge in [-0.25, -0.2) is 0 Å². The highest BCUT2D eigenvalue weighted by molar-refractivity contribution is 5.03. The van der Waals surface area contributed by atoms with E-state index in [1.54, 1.807) is 0 Å². The number of nitrogens with one attached hydrogen (secondary N) is 1. The van der Waals surface area contributed by atoms with Crippen LogP contribution in [-0.4, -0.2) is 12.1 Å². The van der Waals surface area contributed by atoms with E-state index in [1.165, 1.54) is 18.4 Å². The third-order valence-electron chi connectivity index (χ3n) is 2.27. The lowest BCUT2D eigenvalue weighted by atomic mass is 10.2. The second kappa shape index (κ2) is 2.75. The van der Waals surface area contributed by atoms with Gasteiger partial charge >= 0.3 is 0 Å². The highest BCUT2D eigenvalue weighted by Gasteiger charge is 2.36. The predicted octanol–water partition coefficient (Wildman–Crippen LogP) is 2.09. The summed E-state index contributed by atoms with van der Waals surface area (Å²) in [5.74, 6) is 0. The maximum atomic E-state index is 3.94. The Bertz CT molecular complexity index is 134. The summed E-state index contributed by atoms with van der Waals surface area (Å²) in [6.07, 6.45) is 3.77. The van der Waals surface area contributed by atoms with Crippen LogP contribution in [-0.2, 0) is 0 Å². The summed E-state index contributed by atoms with van der Waals surface area (Å²) in [5, 5.41) is 3.48. The molecule has 0 unspecified atom stereocenters. The predicted molar refractivity (Wildman–Crippen MR) is 45.1 cm³/mol. The molecule has 0 aromatic heterocycles. The number of rotatable bonds is 4. The van der Waals surface area contributed by atoms with E-state index < -0.39 is 0 Å². The Morgan fingerprint density at radius 1 is 1.60 bits per heavy atom. The van der Waals surface area contributed by atoms with Gasteiger partial charge in [0.1, 0.15) is 0 Å². The van der Waals surface area contributed by atoms with Crippen molar-refractivity contribution in [2.75, 3.05) is 6.54 Å². The third-order valence-corrected chi connectivity index (χ3v) is 2.27. The molecule has 0 radical (unpaired) electrons. The average Bonchev–Trinajstić information content (AvgIpc) is 2.64. The molecule has 0 atom stereocenters. The highest BCUT2D eigenvalue weighted by atomic mass is 15.0. The van der Waals surface area contributed by atoms with Gasteiger partial charge in [-0.1, -0.05) is 19.1 Å². The molecule has 0 saturated heterocycles. The fraction of sp³-hybridized carbons (Fsp3) is 0.778. The van der Waals surface area contributed by atoms with Crippen LogP contribution in [0.15, 0.2) is 12.2 Å². The van der Waals surface area contributed by atoms with E-state index in [0.29, 0.717) is 5.54 Å². The SMILES string of the molecule is C=C(CC)CNC1(C)CC1. The van der Waals surface area contributed by atoms with Crippen LogP contribution in [0.5, 0.6) is 0 Å². The fourth-order valence-corrected chi connectivity index (χ4v) is 0.828. The van der Waals surface area contributed by atoms with Gasteiger partial charge in [0.2, 0.25) is 0 Å². The van der Waals surface area contributed by atoms with Gasteiger partial charge in [-0.15, -0.1) is 0 Å². The molecular weight excluding hydrogens is 122 g/mol. The zero-order valence-electron chi connectivity index (χ0n) is 7.04. The largest absolute Gasteiger partial charge is 0.308 e. The van der Waals surface area contributed by atoms with Gasteiger partial charge in [0.15, 0.2) is 0 Å². The second-order valence-electron chi connectivity index (χ2n) is 3.52. The normalized spacial score (nSPS) is 20.6. The lowest BCUT2D eigenvalue weighted by molar-refractivity contribution is 0.563. The lowest BCUT2D eigenvalue weighted by Crippen LogP contribution is -2.29. The van der Waals surface area contributed by atoms with Crippen LogP contribution in [0.3, 0.4) is 0 Å². The molecule has 0 heterocycles. The molecular formula is C9H17N. The van der Waals surface area contributed by atoms with Crippen LogP contribution in [0.2, 0.25) is 0 Å². The Kier molecular flexibility index (Phi) is 2.14. The molecule has 58 valence electrons. The third kappa shape index (κ3) is 2.14. The van der Waals surface area contributed by atoms with Gasteiger partial charge in [0.25, 0.3) is 0 Å². The topological polar surface area (TPSA) is 12.0 Å². The van der Waals surface area contributed by atoms with E-state index in [9.17, 15) is 0 Å². The molecule has 1 saturated carbocycles. The number of hydrogen-bond acceptors (Lipinski definition) is 1. The monoisotopic (exact) mass is 139 g/mol. The van der Waals surface area contributed by atoms with E-state index in [-0.39, 0.29) is 0 Å². The van der Waals surface area contributed by atoms with E-state index in [4.69, 9.17) is 0 Å². The van der Waals surface area contributed by atoms with E-state index in [1.807, 2.05) is 0 Å². The van der Waals surface area contributed by atoms with Crippen LogP contribution in [0.1, 0.15) is 33.1 Å². The Balaban J connectivity index is 2.10. The molecule has 1 heteroatoms. The van der Waals surface area contributed by atoms with Crippen LogP contribution in [0.4, 0.5) is 0 Å². The van der Waals surface area contributed by atoms with Crippen molar-refractivity contribution in [1.29, 1.82) is 0 Å². The Hall–Kier alpha value is -0.300. The highest BCUT2D eigenvalue weighted by Crippen LogP contribution is 2.34. The maximum absolute atomic E-state index is 3.94. The van der Waals surface area contributed by atoms with Crippen LogP contribution in [0, 0.1) is 0 Å². The quantitative estimate of drug-likeness (QED) is 0.588. The molecule has 0 aromatic carbocycles. The van der Waals surface area contributed by atoms with E-state index in [0.717, 1.165) is 13.0 Å². The Morgan fingerprint density at radius 2 is 2.20 bits per heavy atom. The van der Waals surface area contributed by atoms with Crippen molar-refractivity contribution >= 4 is 0 Å². The summed E-state index contributed by atoms with van der Waals surface area (Å²) >= 11 is 0. The molecule has 1 nitrogen and oxygen atoms in total. The van der Waals surface area contributed by atoms with Gasteiger partial charge in [0.05, 0.1) is 0 Å². The summed E-state index contributed by atoms with van der Waals surface area (Å²) < 4.78 is 0. The molecule has 1 fully saturated rings. The minimum Gasteiger partial charge on any atom is -0.308 e. The maximum Gasteiger partial charge on any atom is 0.0166 e. The lowest BCUT2D eigenvalue weighted by Gasteiger charge is -2.11. The van der Waals surface area contributed by atoms with Gasteiger partial charge in [-0.2, -0.15) is 0 Å². The zero-order chi connectivity index (χ0) is 7.61. The first-order chi connectivity index (χ1) is 4.66. The Morgan fingerprint density at radius 3 is 2.60 bits per heavy atom. The minimum atomic E-state index is 0.470. The van der Waals surface area contributed by atoms with Crippen molar-refractivity contribution in [3.8, 4) is 0 Å². The van der Waals surface area contributed by atoms with Gasteiger partial charge in [-0.3, -0.25) is 0 Å². The van der Waals surface area contributed by atoms with Gasteiger partial charge < -0.3 is 5.32 Å². The zero-order valence-corrected chi connectivity index (χ0v) is 7.04. The minimum absolute atomic E-state index is 0.470. The summed E-state index contributed by atoms with van der Waals surface area (Å²) in [6.45, 7) is 9.37. The molecule has 1 rings (SSSR count). The summed E-state index contributed by atoms with van der Waals surface area (Å²) in [4.78, 5) is 0. The van der Waals surface area contributed by atoms with Crippen molar-refractivity contribution in [2.24, 2.45) is 0 Å². The first kappa shape index (κ1) is 7.80. The van der Waals surface area contributed by atoms with Crippen molar-refractivity contribution < 1.29 is 0 Å². The molecule has 0 spiro atoms. The fourth-order valence-electron chi connectivity index (χ4n) is 0.828. The second-order valence-corrected chi connectivity index (χ2v) is 3.52. The van der Waals surface area contributed by atoms with Crippen molar-refractivity contribution in [1.82, 2.24) is 5.32 Å². The average molecular weight is 139 g/mol. The molecule has 1 N–H and O–H groups in total. The van der Waals surface area contributed by atoms with Crippen molar-refractivity contribution in [3.05, 3.63) is 12.2 Å². The first-order valence-corrected chi connectivity index (χ1v) is 4.08. The molecule has 0 bridgehead atoms. The van der Waals surface area contributed by atoms with Crippen molar-refractivity contribution in [3.63, 3.8) is 0 Å². The number of hydrogen-bond donors (Lipinski definition) is 1. The Labute approximate surface area is 63.5 Å². The smallest absolute Gasteiger partial charge is 0.0166 e. The van der Waals surface area contributed by atoms with E-state index >= 15 is 0 Å². The van der Waals surface area contributed by atoms with Crippen molar-refractivity contribution in [2.45, 2.75) is 38.6 Å². The summed E-state index contributed by atoms with van der Waals surface area (Å²) in [6, 6.07) is 0. The molecule has 0 aromatic rings. The van der Waals surface area contributed by atoms with Gasteiger partial charge in [-0.05, 0) is 26.2 Å². The molecule has 0 aliphatic heterocycles. The summed E-state index contributed by atoms with van der Waals surface area (Å²) in [5.41, 5.74) is 1.78. The first-order valence-electron chi connectivity index (χ1n) is 4.08. The molecule has 1 aliphatic carbocycles. The van der Waals surface area contributed by atoms with Crippen LogP contribution >= 0.6 is 0 Å². The van der Waals surface area contributed by atoms with Crippen LogP contribution in [0.25, 0.3) is 0 Å².